The maximum absolute atomic E-state index is 12.6. The van der Waals surface area contributed by atoms with Crippen molar-refractivity contribution < 1.29 is 4.79 Å². The van der Waals surface area contributed by atoms with E-state index in [1.807, 2.05) is 24.0 Å². The molecule has 2 fully saturated rings. The minimum atomic E-state index is 0.200. The Bertz CT molecular complexity index is 821. The van der Waals surface area contributed by atoms with Crippen LogP contribution in [0.5, 0.6) is 0 Å². The third kappa shape index (κ3) is 4.26. The van der Waals surface area contributed by atoms with Gasteiger partial charge in [-0.05, 0) is 32.3 Å². The lowest BCUT2D eigenvalue weighted by Crippen LogP contribution is -2.49. The van der Waals surface area contributed by atoms with E-state index in [-0.39, 0.29) is 5.91 Å². The second-order valence-corrected chi connectivity index (χ2v) is 7.89. The van der Waals surface area contributed by atoms with E-state index in [9.17, 15) is 4.79 Å². The fourth-order valence-corrected chi connectivity index (χ4v) is 3.93. The standard InChI is InChI=1S/C22H29N5O/c1-17-5-7-19(8-6-17)16-21(28)26-11-13-27(14-12-26)22-23-18(2)15-20(24-22)25-9-3-4-10-25/h5-8,15H,3-4,9-14,16H2,1-2H3. The molecule has 0 saturated carbocycles. The fourth-order valence-electron chi connectivity index (χ4n) is 3.93. The summed E-state index contributed by atoms with van der Waals surface area (Å²) < 4.78 is 0. The van der Waals surface area contributed by atoms with Gasteiger partial charge in [-0.3, -0.25) is 4.79 Å². The van der Waals surface area contributed by atoms with Crippen LogP contribution in [0.4, 0.5) is 11.8 Å². The van der Waals surface area contributed by atoms with Crippen molar-refractivity contribution in [1.29, 1.82) is 0 Å². The Kier molecular flexibility index (Phi) is 5.46. The van der Waals surface area contributed by atoms with Crippen molar-refractivity contribution in [2.45, 2.75) is 33.1 Å². The van der Waals surface area contributed by atoms with Crippen LogP contribution in [-0.2, 0) is 11.2 Å². The quantitative estimate of drug-likeness (QED) is 0.817. The molecule has 2 aliphatic heterocycles. The number of carbonyl (C=O) groups excluding carboxylic acids is 1. The van der Waals surface area contributed by atoms with E-state index in [1.54, 1.807) is 0 Å². The van der Waals surface area contributed by atoms with Crippen molar-refractivity contribution in [1.82, 2.24) is 14.9 Å². The number of carbonyl (C=O) groups is 1. The molecule has 148 valence electrons. The van der Waals surface area contributed by atoms with Crippen LogP contribution in [0.25, 0.3) is 0 Å². The monoisotopic (exact) mass is 379 g/mol. The Labute approximate surface area is 167 Å². The fraction of sp³-hybridized carbons (Fsp3) is 0.500. The first kappa shape index (κ1) is 18.7. The summed E-state index contributed by atoms with van der Waals surface area (Å²) in [7, 11) is 0. The Morgan fingerprint density at radius 2 is 1.57 bits per heavy atom. The molecule has 0 aliphatic carbocycles. The van der Waals surface area contributed by atoms with Crippen molar-refractivity contribution in [3.63, 3.8) is 0 Å². The Hall–Kier alpha value is -2.63. The van der Waals surface area contributed by atoms with Gasteiger partial charge in [0.25, 0.3) is 0 Å². The van der Waals surface area contributed by atoms with Crippen molar-refractivity contribution in [2.75, 3.05) is 49.1 Å². The molecule has 0 atom stereocenters. The smallest absolute Gasteiger partial charge is 0.227 e. The molecule has 2 saturated heterocycles. The highest BCUT2D eigenvalue weighted by Gasteiger charge is 2.24. The van der Waals surface area contributed by atoms with Gasteiger partial charge in [-0.15, -0.1) is 0 Å². The highest BCUT2D eigenvalue weighted by atomic mass is 16.2. The zero-order valence-electron chi connectivity index (χ0n) is 16.9. The minimum absolute atomic E-state index is 0.200. The molecule has 3 heterocycles. The largest absolute Gasteiger partial charge is 0.356 e. The third-order valence-electron chi connectivity index (χ3n) is 5.65. The molecule has 1 amide bonds. The summed E-state index contributed by atoms with van der Waals surface area (Å²) in [6.45, 7) is 9.26. The maximum atomic E-state index is 12.6. The van der Waals surface area contributed by atoms with E-state index in [0.29, 0.717) is 6.42 Å². The van der Waals surface area contributed by atoms with E-state index in [2.05, 4.69) is 39.9 Å². The van der Waals surface area contributed by atoms with Gasteiger partial charge in [-0.25, -0.2) is 4.98 Å². The van der Waals surface area contributed by atoms with Crippen molar-refractivity contribution >= 4 is 17.7 Å². The van der Waals surface area contributed by atoms with Gasteiger partial charge in [0.15, 0.2) is 0 Å². The summed E-state index contributed by atoms with van der Waals surface area (Å²) in [5.41, 5.74) is 3.30. The number of amides is 1. The van der Waals surface area contributed by atoms with Crippen LogP contribution >= 0.6 is 0 Å². The number of rotatable bonds is 4. The van der Waals surface area contributed by atoms with Crippen LogP contribution in [0.2, 0.25) is 0 Å². The Balaban J connectivity index is 1.37. The number of hydrogen-bond acceptors (Lipinski definition) is 5. The zero-order chi connectivity index (χ0) is 19.5. The molecule has 6 nitrogen and oxygen atoms in total. The molecular weight excluding hydrogens is 350 g/mol. The molecule has 2 aliphatic rings. The summed E-state index contributed by atoms with van der Waals surface area (Å²) in [6.07, 6.45) is 2.95. The third-order valence-corrected chi connectivity index (χ3v) is 5.65. The van der Waals surface area contributed by atoms with Gasteiger partial charge in [-0.1, -0.05) is 29.8 Å². The van der Waals surface area contributed by atoms with Crippen LogP contribution in [0.1, 0.15) is 29.7 Å². The molecule has 2 aromatic rings. The maximum Gasteiger partial charge on any atom is 0.227 e. The normalized spacial score (nSPS) is 17.3. The van der Waals surface area contributed by atoms with Crippen molar-refractivity contribution in [2.24, 2.45) is 0 Å². The van der Waals surface area contributed by atoms with Gasteiger partial charge >= 0.3 is 0 Å². The second-order valence-electron chi connectivity index (χ2n) is 7.89. The van der Waals surface area contributed by atoms with Gasteiger partial charge in [0.05, 0.1) is 6.42 Å². The predicted molar refractivity (Wildman–Crippen MR) is 112 cm³/mol. The summed E-state index contributed by atoms with van der Waals surface area (Å²) in [4.78, 5) is 28.7. The molecular formula is C22H29N5O. The summed E-state index contributed by atoms with van der Waals surface area (Å²) in [5, 5.41) is 0. The topological polar surface area (TPSA) is 52.6 Å². The molecule has 28 heavy (non-hydrogen) atoms. The van der Waals surface area contributed by atoms with Crippen molar-refractivity contribution in [3.05, 3.63) is 47.2 Å². The molecule has 4 rings (SSSR count). The molecule has 6 heteroatoms. The summed E-state index contributed by atoms with van der Waals surface area (Å²) in [5.74, 6) is 2.04. The number of piperazine rings is 1. The molecule has 1 aromatic heterocycles. The van der Waals surface area contributed by atoms with E-state index < -0.39 is 0 Å². The van der Waals surface area contributed by atoms with Gasteiger partial charge in [0.2, 0.25) is 11.9 Å². The van der Waals surface area contributed by atoms with Crippen LogP contribution in [0.15, 0.2) is 30.3 Å². The zero-order valence-corrected chi connectivity index (χ0v) is 16.9. The van der Waals surface area contributed by atoms with Crippen LogP contribution in [0.3, 0.4) is 0 Å². The molecule has 0 spiro atoms. The van der Waals surface area contributed by atoms with Crippen molar-refractivity contribution in [3.8, 4) is 0 Å². The first-order valence-corrected chi connectivity index (χ1v) is 10.3. The van der Waals surface area contributed by atoms with Crippen LogP contribution in [0, 0.1) is 13.8 Å². The lowest BCUT2D eigenvalue weighted by atomic mass is 10.1. The van der Waals surface area contributed by atoms with E-state index in [0.717, 1.165) is 62.3 Å². The number of hydrogen-bond donors (Lipinski definition) is 0. The highest BCUT2D eigenvalue weighted by Crippen LogP contribution is 2.22. The van der Waals surface area contributed by atoms with E-state index >= 15 is 0 Å². The van der Waals surface area contributed by atoms with Crippen LogP contribution < -0.4 is 9.80 Å². The molecule has 0 unspecified atom stereocenters. The van der Waals surface area contributed by atoms with E-state index in [1.165, 1.54) is 18.4 Å². The molecule has 0 radical (unpaired) electrons. The number of nitrogens with zero attached hydrogens (tertiary/aromatic N) is 5. The minimum Gasteiger partial charge on any atom is -0.356 e. The number of anilines is 2. The number of aromatic nitrogens is 2. The highest BCUT2D eigenvalue weighted by molar-refractivity contribution is 5.79. The van der Waals surface area contributed by atoms with Gasteiger partial charge in [0.1, 0.15) is 5.82 Å². The summed E-state index contributed by atoms with van der Waals surface area (Å²) >= 11 is 0. The molecule has 0 N–H and O–H groups in total. The summed E-state index contributed by atoms with van der Waals surface area (Å²) in [6, 6.07) is 10.3. The lowest BCUT2D eigenvalue weighted by Gasteiger charge is -2.35. The van der Waals surface area contributed by atoms with E-state index in [4.69, 9.17) is 4.98 Å². The Morgan fingerprint density at radius 3 is 2.25 bits per heavy atom. The average molecular weight is 380 g/mol. The first-order chi connectivity index (χ1) is 13.6. The van der Waals surface area contributed by atoms with Gasteiger partial charge in [-0.2, -0.15) is 4.98 Å². The lowest BCUT2D eigenvalue weighted by molar-refractivity contribution is -0.130. The molecule has 0 bridgehead atoms. The number of benzene rings is 1. The Morgan fingerprint density at radius 1 is 0.893 bits per heavy atom. The SMILES string of the molecule is Cc1ccc(CC(=O)N2CCN(c3nc(C)cc(N4CCCC4)n3)CC2)cc1. The second kappa shape index (κ2) is 8.17. The average Bonchev–Trinajstić information content (AvgIpc) is 3.24. The van der Waals surface area contributed by atoms with Crippen LogP contribution in [-0.4, -0.2) is 60.0 Å². The molecule has 1 aromatic carbocycles. The van der Waals surface area contributed by atoms with Gasteiger partial charge < -0.3 is 14.7 Å². The number of aryl methyl sites for hydroxylation is 2. The predicted octanol–water partition coefficient (Wildman–Crippen LogP) is 2.58. The van der Waals surface area contributed by atoms with Gasteiger partial charge in [0, 0.05) is 51.0 Å². The first-order valence-electron chi connectivity index (χ1n) is 10.3.